The number of para-hydroxylation sites is 1. The van der Waals surface area contributed by atoms with Crippen molar-refractivity contribution < 1.29 is 14.3 Å². The lowest BCUT2D eigenvalue weighted by Gasteiger charge is -2.34. The van der Waals surface area contributed by atoms with E-state index in [2.05, 4.69) is 17.1 Å². The Hall–Kier alpha value is -3.51. The van der Waals surface area contributed by atoms with Crippen molar-refractivity contribution in [1.29, 1.82) is 0 Å². The molecule has 0 radical (unpaired) electrons. The van der Waals surface area contributed by atoms with Crippen LogP contribution in [0.25, 0.3) is 0 Å². The molecule has 2 aliphatic heterocycles. The van der Waals surface area contributed by atoms with Crippen molar-refractivity contribution in [2.24, 2.45) is 10.9 Å². The van der Waals surface area contributed by atoms with E-state index in [0.717, 1.165) is 25.2 Å². The number of allylic oxidation sites excluding steroid dienone is 1. The maximum Gasteiger partial charge on any atom is 0.196 e. The normalized spacial score (nSPS) is 23.4. The summed E-state index contributed by atoms with van der Waals surface area (Å²) >= 11 is 0. The quantitative estimate of drug-likeness (QED) is 0.721. The summed E-state index contributed by atoms with van der Waals surface area (Å²) in [7, 11) is 0. The number of Topliss-reactive ketones (excluding diaryl/α,β-unsaturated/α-hetero) is 2. The molecule has 4 aliphatic rings. The zero-order valence-electron chi connectivity index (χ0n) is 20.1. The van der Waals surface area contributed by atoms with Crippen LogP contribution in [0.5, 0.6) is 5.75 Å². The smallest absolute Gasteiger partial charge is 0.196 e. The van der Waals surface area contributed by atoms with Gasteiger partial charge in [-0.15, -0.1) is 0 Å². The minimum absolute atomic E-state index is 0.141. The molecule has 1 saturated heterocycles. The average Bonchev–Trinajstić information content (AvgIpc) is 2.86. The molecular formula is C29H29N3O3. The topological polar surface area (TPSA) is 71.0 Å². The first-order valence-corrected chi connectivity index (χ1v) is 12.5. The van der Waals surface area contributed by atoms with E-state index in [1.165, 1.54) is 12.8 Å². The Balaban J connectivity index is 1.39. The molecule has 2 atom stereocenters. The number of nitrogens with one attached hydrogen (secondary N) is 1. The number of likely N-dealkylation sites (tertiary alicyclic amines) is 1. The molecule has 35 heavy (non-hydrogen) atoms. The summed E-state index contributed by atoms with van der Waals surface area (Å²) in [5, 5.41) is 3.49. The molecule has 1 unspecified atom stereocenters. The third-order valence-corrected chi connectivity index (χ3v) is 7.41. The second kappa shape index (κ2) is 8.61. The summed E-state index contributed by atoms with van der Waals surface area (Å²) in [5.41, 5.74) is 4.52. The molecule has 178 valence electrons. The minimum Gasteiger partial charge on any atom is -0.478 e. The van der Waals surface area contributed by atoms with E-state index < -0.39 is 6.10 Å². The zero-order valence-corrected chi connectivity index (χ0v) is 20.1. The molecule has 1 fully saturated rings. The maximum atomic E-state index is 13.7. The van der Waals surface area contributed by atoms with Crippen molar-refractivity contribution in [3.05, 3.63) is 82.1 Å². The first kappa shape index (κ1) is 22.0. The van der Waals surface area contributed by atoms with Gasteiger partial charge in [-0.2, -0.15) is 0 Å². The van der Waals surface area contributed by atoms with Crippen molar-refractivity contribution >= 4 is 23.0 Å². The number of aryl methyl sites for hydroxylation is 1. The largest absolute Gasteiger partial charge is 0.478 e. The molecule has 1 N–H and O–H groups in total. The molecule has 0 aromatic heterocycles. The Labute approximate surface area is 205 Å². The van der Waals surface area contributed by atoms with E-state index in [9.17, 15) is 9.59 Å². The van der Waals surface area contributed by atoms with E-state index in [1.807, 2.05) is 31.2 Å². The standard InChI is InChI=1S/C29H29N3O3/c1-17-7-6-13-32(16-17)14-12-30-21-15-23-27(31-26-18(2)8-5-11-22(26)35-23)25-24(21)28(33)19-9-3-4-10-20(19)29(25)34/h3-5,8-11,15,17,23,30H,6-7,12-14,16H2,1-2H3/t17-,23?/m0/s1. The molecule has 2 aliphatic carbocycles. The van der Waals surface area contributed by atoms with Crippen molar-refractivity contribution in [3.8, 4) is 5.75 Å². The molecule has 6 rings (SSSR count). The van der Waals surface area contributed by atoms with E-state index in [-0.39, 0.29) is 11.6 Å². The van der Waals surface area contributed by atoms with Gasteiger partial charge in [0.15, 0.2) is 17.7 Å². The number of benzene rings is 2. The molecule has 2 aromatic carbocycles. The molecule has 0 saturated carbocycles. The summed E-state index contributed by atoms with van der Waals surface area (Å²) in [6.45, 7) is 8.04. The molecule has 0 bridgehead atoms. The van der Waals surface area contributed by atoms with Gasteiger partial charge >= 0.3 is 0 Å². The molecule has 2 heterocycles. The third kappa shape index (κ3) is 3.73. The first-order valence-electron chi connectivity index (χ1n) is 12.5. The number of ketones is 2. The van der Waals surface area contributed by atoms with Crippen LogP contribution in [0.3, 0.4) is 0 Å². The van der Waals surface area contributed by atoms with Crippen molar-refractivity contribution in [2.45, 2.75) is 32.8 Å². The van der Waals surface area contributed by atoms with Crippen molar-refractivity contribution in [1.82, 2.24) is 10.2 Å². The van der Waals surface area contributed by atoms with E-state index in [0.29, 0.717) is 57.6 Å². The van der Waals surface area contributed by atoms with Gasteiger partial charge in [0.25, 0.3) is 0 Å². The second-order valence-corrected chi connectivity index (χ2v) is 9.97. The lowest BCUT2D eigenvalue weighted by atomic mass is 9.76. The van der Waals surface area contributed by atoms with Crippen molar-refractivity contribution in [2.75, 3.05) is 26.2 Å². The Morgan fingerprint density at radius 2 is 1.83 bits per heavy atom. The van der Waals surface area contributed by atoms with Crippen LogP contribution >= 0.6 is 0 Å². The zero-order chi connectivity index (χ0) is 24.1. The highest BCUT2D eigenvalue weighted by Crippen LogP contribution is 2.42. The van der Waals surface area contributed by atoms with Crippen LogP contribution in [0.4, 0.5) is 5.69 Å². The van der Waals surface area contributed by atoms with Crippen molar-refractivity contribution in [3.63, 3.8) is 0 Å². The third-order valence-electron chi connectivity index (χ3n) is 7.41. The predicted octanol–water partition coefficient (Wildman–Crippen LogP) is 4.42. The maximum absolute atomic E-state index is 13.7. The highest BCUT2D eigenvalue weighted by Gasteiger charge is 2.43. The summed E-state index contributed by atoms with van der Waals surface area (Å²) in [6.07, 6.45) is 3.89. The van der Waals surface area contributed by atoms with Gasteiger partial charge in [-0.05, 0) is 49.9 Å². The summed E-state index contributed by atoms with van der Waals surface area (Å²) in [4.78, 5) is 34.8. The molecule has 6 nitrogen and oxygen atoms in total. The van der Waals surface area contributed by atoms with Crippen LogP contribution in [0.2, 0.25) is 0 Å². The fourth-order valence-electron chi connectivity index (χ4n) is 5.66. The van der Waals surface area contributed by atoms with Gasteiger partial charge in [0.2, 0.25) is 0 Å². The molecule has 0 spiro atoms. The average molecular weight is 468 g/mol. The number of carbonyl (C=O) groups excluding carboxylic acids is 2. The number of ether oxygens (including phenoxy) is 1. The molecule has 6 heteroatoms. The van der Waals surface area contributed by atoms with Crippen LogP contribution in [0.1, 0.15) is 46.0 Å². The van der Waals surface area contributed by atoms with Gasteiger partial charge < -0.3 is 15.0 Å². The minimum atomic E-state index is -0.525. The van der Waals surface area contributed by atoms with E-state index in [4.69, 9.17) is 9.73 Å². The Bertz CT molecular complexity index is 1340. The summed E-state index contributed by atoms with van der Waals surface area (Å²) in [5.74, 6) is 1.09. The fourth-order valence-corrected chi connectivity index (χ4v) is 5.66. The number of hydrogen-bond donors (Lipinski definition) is 1. The number of piperidine rings is 1. The van der Waals surface area contributed by atoms with Gasteiger partial charge in [-0.1, -0.05) is 43.3 Å². The Kier molecular flexibility index (Phi) is 5.41. The number of rotatable bonds is 4. The monoisotopic (exact) mass is 467 g/mol. The lowest BCUT2D eigenvalue weighted by molar-refractivity contribution is 0.0978. The molecule has 2 aromatic rings. The van der Waals surface area contributed by atoms with Gasteiger partial charge in [0, 0.05) is 36.5 Å². The fraction of sp³-hybridized carbons (Fsp3) is 0.345. The Morgan fingerprint density at radius 1 is 1.06 bits per heavy atom. The Morgan fingerprint density at radius 3 is 2.60 bits per heavy atom. The number of fused-ring (bicyclic) bond motifs is 4. The predicted molar refractivity (Wildman–Crippen MR) is 136 cm³/mol. The van der Waals surface area contributed by atoms with Crippen LogP contribution in [-0.2, 0) is 0 Å². The lowest BCUT2D eigenvalue weighted by Crippen LogP contribution is -2.43. The molecular weight excluding hydrogens is 438 g/mol. The van der Waals surface area contributed by atoms with Gasteiger partial charge in [-0.25, -0.2) is 4.99 Å². The number of nitrogens with zero attached hydrogens (tertiary/aromatic N) is 2. The molecule has 0 amide bonds. The van der Waals surface area contributed by atoms with Gasteiger partial charge in [0.05, 0.1) is 16.9 Å². The van der Waals surface area contributed by atoms with E-state index >= 15 is 0 Å². The second-order valence-electron chi connectivity index (χ2n) is 9.97. The van der Waals surface area contributed by atoms with Crippen LogP contribution in [0, 0.1) is 12.8 Å². The number of carbonyl (C=O) groups is 2. The highest BCUT2D eigenvalue weighted by atomic mass is 16.5. The number of aliphatic imine (C=N–C) groups is 1. The van der Waals surface area contributed by atoms with Crippen LogP contribution < -0.4 is 10.1 Å². The van der Waals surface area contributed by atoms with Gasteiger partial charge in [0.1, 0.15) is 11.4 Å². The van der Waals surface area contributed by atoms with E-state index in [1.54, 1.807) is 24.3 Å². The SMILES string of the molecule is Cc1cccc2c1N=C1C3=C(C(=O)c4ccccc4C3=O)C(NCCN3CCC[C@H](C)C3)=CC1O2. The highest BCUT2D eigenvalue weighted by molar-refractivity contribution is 6.40. The summed E-state index contributed by atoms with van der Waals surface area (Å²) in [6, 6.07) is 12.9. The first-order chi connectivity index (χ1) is 17.0. The van der Waals surface area contributed by atoms with Crippen LogP contribution in [0.15, 0.2) is 70.4 Å². The number of hydrogen-bond acceptors (Lipinski definition) is 6. The summed E-state index contributed by atoms with van der Waals surface area (Å²) < 4.78 is 6.32. The van der Waals surface area contributed by atoms with Gasteiger partial charge in [-0.3, -0.25) is 9.59 Å². The van der Waals surface area contributed by atoms with Crippen LogP contribution in [-0.4, -0.2) is 54.5 Å².